The molecule has 0 aromatic rings. The molecule has 112 valence electrons. The first-order chi connectivity index (χ1) is 9.44. The molecule has 0 radical (unpaired) electrons. The lowest BCUT2D eigenvalue weighted by molar-refractivity contribution is 0.791. The van der Waals surface area contributed by atoms with Crippen LogP contribution in [-0.2, 0) is 0 Å². The Kier molecular flexibility index (Phi) is 14.4. The van der Waals surface area contributed by atoms with Gasteiger partial charge in [-0.05, 0) is 51.7 Å². The lowest BCUT2D eigenvalue weighted by atomic mass is 10.0. The van der Waals surface area contributed by atoms with Gasteiger partial charge in [-0.2, -0.15) is 0 Å². The van der Waals surface area contributed by atoms with Gasteiger partial charge in [0.05, 0.1) is 0 Å². The maximum atomic E-state index is 3.91. The normalized spacial score (nSPS) is 11.8. The third kappa shape index (κ3) is 11.5. The molecule has 0 heterocycles. The Hall–Kier alpha value is -1.56. The summed E-state index contributed by atoms with van der Waals surface area (Å²) in [5.41, 5.74) is 4.78. The van der Waals surface area contributed by atoms with Gasteiger partial charge >= 0.3 is 0 Å². The van der Waals surface area contributed by atoms with Crippen molar-refractivity contribution in [2.24, 2.45) is 0 Å². The summed E-state index contributed by atoms with van der Waals surface area (Å²) in [6.07, 6.45) is 13.7. The molecule has 0 nitrogen and oxygen atoms in total. The first kappa shape index (κ1) is 20.8. The Labute approximate surface area is 127 Å². The summed E-state index contributed by atoms with van der Waals surface area (Å²) in [6.45, 7) is 21.7. The average molecular weight is 272 g/mol. The van der Waals surface area contributed by atoms with Gasteiger partial charge in [-0.25, -0.2) is 0 Å². The minimum Gasteiger partial charge on any atom is -0.0985 e. The molecule has 0 rings (SSSR count). The van der Waals surface area contributed by atoms with Gasteiger partial charge in [-0.15, -0.1) is 0 Å². The summed E-state index contributed by atoms with van der Waals surface area (Å²) in [4.78, 5) is 0. The number of unbranched alkanes of at least 4 members (excludes halogenated alkanes) is 1. The second-order valence-corrected chi connectivity index (χ2v) is 4.83. The highest BCUT2D eigenvalue weighted by molar-refractivity contribution is 5.37. The zero-order valence-corrected chi connectivity index (χ0v) is 14.1. The molecular weight excluding hydrogens is 240 g/mol. The number of rotatable bonds is 7. The minimum atomic E-state index is 1.05. The fourth-order valence-electron chi connectivity index (χ4n) is 1.56. The molecule has 0 aromatic heterocycles. The monoisotopic (exact) mass is 272 g/mol. The number of hydrogen-bond donors (Lipinski definition) is 0. The van der Waals surface area contributed by atoms with E-state index in [-0.39, 0.29) is 0 Å². The van der Waals surface area contributed by atoms with E-state index in [0.717, 1.165) is 11.1 Å². The highest BCUT2D eigenvalue weighted by atomic mass is 14.0. The Morgan fingerprint density at radius 1 is 1.05 bits per heavy atom. The van der Waals surface area contributed by atoms with Crippen molar-refractivity contribution in [1.29, 1.82) is 0 Å². The molecule has 0 N–H and O–H groups in total. The van der Waals surface area contributed by atoms with E-state index in [4.69, 9.17) is 0 Å². The second-order valence-electron chi connectivity index (χ2n) is 4.83. The van der Waals surface area contributed by atoms with E-state index in [9.17, 15) is 0 Å². The van der Waals surface area contributed by atoms with Crippen molar-refractivity contribution in [2.45, 2.75) is 53.9 Å². The predicted molar refractivity (Wildman–Crippen MR) is 96.0 cm³/mol. The highest BCUT2D eigenvalue weighted by Gasteiger charge is 1.94. The molecule has 0 aliphatic heterocycles. The highest BCUT2D eigenvalue weighted by Crippen LogP contribution is 2.14. The van der Waals surface area contributed by atoms with E-state index in [2.05, 4.69) is 46.6 Å². The molecule has 0 amide bonds. The molecular formula is C20H32. The van der Waals surface area contributed by atoms with E-state index < -0.39 is 0 Å². The first-order valence-electron chi connectivity index (χ1n) is 7.36. The van der Waals surface area contributed by atoms with Gasteiger partial charge < -0.3 is 0 Å². The second kappa shape index (κ2) is 13.9. The largest absolute Gasteiger partial charge is 0.0985 e. The molecule has 0 unspecified atom stereocenters. The van der Waals surface area contributed by atoms with Crippen molar-refractivity contribution in [3.63, 3.8) is 0 Å². The fourth-order valence-corrected chi connectivity index (χ4v) is 1.56. The summed E-state index contributed by atoms with van der Waals surface area (Å²) in [5, 5.41) is 0. The van der Waals surface area contributed by atoms with Crippen molar-refractivity contribution in [1.82, 2.24) is 0 Å². The third-order valence-electron chi connectivity index (χ3n) is 2.88. The Morgan fingerprint density at radius 3 is 1.95 bits per heavy atom. The van der Waals surface area contributed by atoms with Gasteiger partial charge in [0.15, 0.2) is 0 Å². The van der Waals surface area contributed by atoms with Crippen LogP contribution >= 0.6 is 0 Å². The van der Waals surface area contributed by atoms with Crippen LogP contribution in [0.2, 0.25) is 0 Å². The maximum absolute atomic E-state index is 3.91. The van der Waals surface area contributed by atoms with Crippen LogP contribution in [0, 0.1) is 0 Å². The van der Waals surface area contributed by atoms with Crippen molar-refractivity contribution < 1.29 is 0 Å². The topological polar surface area (TPSA) is 0 Å². The smallest absolute Gasteiger partial charge is 0.0239 e. The van der Waals surface area contributed by atoms with Crippen LogP contribution in [0.25, 0.3) is 0 Å². The van der Waals surface area contributed by atoms with Crippen molar-refractivity contribution >= 4 is 0 Å². The summed E-state index contributed by atoms with van der Waals surface area (Å²) < 4.78 is 0. The zero-order chi connectivity index (χ0) is 16.0. The molecule has 0 aliphatic rings. The maximum Gasteiger partial charge on any atom is -0.0239 e. The van der Waals surface area contributed by atoms with E-state index in [1.807, 2.05) is 38.2 Å². The number of allylic oxidation sites excluding steroid dienone is 9. The zero-order valence-electron chi connectivity index (χ0n) is 14.1. The number of hydrogen-bond acceptors (Lipinski definition) is 0. The van der Waals surface area contributed by atoms with Gasteiger partial charge in [0, 0.05) is 0 Å². The molecule has 20 heavy (non-hydrogen) atoms. The quantitative estimate of drug-likeness (QED) is 0.440. The van der Waals surface area contributed by atoms with Gasteiger partial charge in [-0.3, -0.25) is 0 Å². The molecule has 0 saturated heterocycles. The van der Waals surface area contributed by atoms with Crippen LogP contribution in [0.1, 0.15) is 53.9 Å². The molecule has 0 saturated carbocycles. The van der Waals surface area contributed by atoms with E-state index in [1.165, 1.54) is 30.4 Å². The van der Waals surface area contributed by atoms with Crippen LogP contribution in [0.5, 0.6) is 0 Å². The van der Waals surface area contributed by atoms with Crippen LogP contribution in [0.4, 0.5) is 0 Å². The third-order valence-corrected chi connectivity index (χ3v) is 2.88. The summed E-state index contributed by atoms with van der Waals surface area (Å²) in [7, 11) is 0. The first-order valence-corrected chi connectivity index (χ1v) is 7.36. The molecule has 0 bridgehead atoms. The van der Waals surface area contributed by atoms with Crippen molar-refractivity contribution in [2.75, 3.05) is 0 Å². The standard InChI is InChI=1S/C10H18.C10H14/c2*1-5-7-8-10(6-2)9(3)4/h6H,3,5,7-8H2,1-2,4H3;5-8H,2-3H2,1,4H3/b10-6+;7-5-,10-8+. The Morgan fingerprint density at radius 2 is 1.65 bits per heavy atom. The summed E-state index contributed by atoms with van der Waals surface area (Å²) >= 11 is 0. The minimum absolute atomic E-state index is 1.05. The molecule has 0 atom stereocenters. The van der Waals surface area contributed by atoms with Gasteiger partial charge in [-0.1, -0.05) is 74.6 Å². The molecule has 0 heteroatoms. The predicted octanol–water partition coefficient (Wildman–Crippen LogP) is 6.95. The van der Waals surface area contributed by atoms with E-state index in [0.29, 0.717) is 0 Å². The lowest BCUT2D eigenvalue weighted by Crippen LogP contribution is -1.83. The van der Waals surface area contributed by atoms with Crippen molar-refractivity contribution in [3.05, 3.63) is 72.4 Å². The van der Waals surface area contributed by atoms with Crippen LogP contribution in [0.15, 0.2) is 72.4 Å². The van der Waals surface area contributed by atoms with E-state index in [1.54, 1.807) is 0 Å². The van der Waals surface area contributed by atoms with Crippen LogP contribution in [-0.4, -0.2) is 0 Å². The van der Waals surface area contributed by atoms with Gasteiger partial charge in [0.2, 0.25) is 0 Å². The molecule has 0 fully saturated rings. The lowest BCUT2D eigenvalue weighted by Gasteiger charge is -2.03. The Balaban J connectivity index is 0. The SMILES string of the molecule is C=C(C)/C(=C/C)CCCC.C=C/C(=C\C=C/C)C(=C)C. The molecule has 0 aromatic carbocycles. The average Bonchev–Trinajstić information content (AvgIpc) is 2.40. The van der Waals surface area contributed by atoms with Crippen molar-refractivity contribution in [3.8, 4) is 0 Å². The van der Waals surface area contributed by atoms with Gasteiger partial charge in [0.25, 0.3) is 0 Å². The van der Waals surface area contributed by atoms with Crippen LogP contribution in [0.3, 0.4) is 0 Å². The Bertz CT molecular complexity index is 386. The van der Waals surface area contributed by atoms with E-state index >= 15 is 0 Å². The molecule has 0 aliphatic carbocycles. The summed E-state index contributed by atoms with van der Waals surface area (Å²) in [5.74, 6) is 0. The summed E-state index contributed by atoms with van der Waals surface area (Å²) in [6, 6.07) is 0. The molecule has 0 spiro atoms. The van der Waals surface area contributed by atoms with Gasteiger partial charge in [0.1, 0.15) is 0 Å². The van der Waals surface area contributed by atoms with Crippen LogP contribution < -0.4 is 0 Å². The fraction of sp³-hybridized carbons (Fsp3) is 0.400.